The zero-order valence-corrected chi connectivity index (χ0v) is 14.0. The maximum atomic E-state index is 12.4. The Morgan fingerprint density at radius 2 is 2.20 bits per heavy atom. The van der Waals surface area contributed by atoms with Crippen molar-refractivity contribution < 1.29 is 8.42 Å². The lowest BCUT2D eigenvalue weighted by Gasteiger charge is -2.27. The molecule has 2 N–H and O–H groups in total. The van der Waals surface area contributed by atoms with Crippen molar-refractivity contribution in [1.29, 1.82) is 0 Å². The highest BCUT2D eigenvalue weighted by Crippen LogP contribution is 2.38. The van der Waals surface area contributed by atoms with Gasteiger partial charge in [0.25, 0.3) is 0 Å². The van der Waals surface area contributed by atoms with Gasteiger partial charge in [-0.25, -0.2) is 13.1 Å². The molecule has 0 saturated heterocycles. The van der Waals surface area contributed by atoms with E-state index in [1.165, 1.54) is 11.3 Å². The van der Waals surface area contributed by atoms with E-state index in [9.17, 15) is 8.42 Å². The van der Waals surface area contributed by atoms with E-state index in [1.807, 2.05) is 6.92 Å². The molecule has 1 unspecified atom stereocenters. The maximum absolute atomic E-state index is 12.4. The molecule has 114 valence electrons. The van der Waals surface area contributed by atoms with Crippen molar-refractivity contribution in [2.45, 2.75) is 57.5 Å². The zero-order chi connectivity index (χ0) is 14.8. The van der Waals surface area contributed by atoms with Gasteiger partial charge in [-0.2, -0.15) is 0 Å². The summed E-state index contributed by atoms with van der Waals surface area (Å²) in [4.78, 5) is 1.45. The van der Waals surface area contributed by atoms with Crippen LogP contribution in [0.5, 0.6) is 0 Å². The Balaban J connectivity index is 2.08. The third-order valence-electron chi connectivity index (χ3n) is 4.04. The van der Waals surface area contributed by atoms with Crippen molar-refractivity contribution in [1.82, 2.24) is 10.0 Å². The Morgan fingerprint density at radius 3 is 2.80 bits per heavy atom. The number of hydrogen-bond donors (Lipinski definition) is 2. The Morgan fingerprint density at radius 1 is 1.45 bits per heavy atom. The molecule has 2 rings (SSSR count). The summed E-state index contributed by atoms with van der Waals surface area (Å²) in [7, 11) is -3.39. The van der Waals surface area contributed by atoms with E-state index in [4.69, 9.17) is 0 Å². The second-order valence-electron chi connectivity index (χ2n) is 6.08. The molecule has 0 radical (unpaired) electrons. The molecule has 1 atom stereocenters. The van der Waals surface area contributed by atoms with E-state index in [0.29, 0.717) is 4.90 Å². The fourth-order valence-corrected chi connectivity index (χ4v) is 5.33. The minimum absolute atomic E-state index is 0.0459. The van der Waals surface area contributed by atoms with Crippen LogP contribution in [0.15, 0.2) is 16.3 Å². The van der Waals surface area contributed by atoms with Gasteiger partial charge in [-0.1, -0.05) is 27.2 Å². The van der Waals surface area contributed by atoms with Crippen LogP contribution >= 0.6 is 11.3 Å². The lowest BCUT2D eigenvalue weighted by Crippen LogP contribution is -2.41. The molecule has 1 aromatic rings. The number of rotatable bonds is 6. The lowest BCUT2D eigenvalue weighted by molar-refractivity contribution is 0.313. The second kappa shape index (κ2) is 6.13. The van der Waals surface area contributed by atoms with Crippen molar-refractivity contribution in [2.24, 2.45) is 5.41 Å². The van der Waals surface area contributed by atoms with E-state index >= 15 is 0 Å². The molecule has 6 heteroatoms. The van der Waals surface area contributed by atoms with Crippen molar-refractivity contribution in [2.75, 3.05) is 6.54 Å². The predicted octanol–water partition coefficient (Wildman–Crippen LogP) is 2.71. The third-order valence-corrected chi connectivity index (χ3v) is 6.58. The van der Waals surface area contributed by atoms with Crippen molar-refractivity contribution in [3.63, 3.8) is 0 Å². The van der Waals surface area contributed by atoms with Gasteiger partial charge in [0.05, 0.1) is 4.90 Å². The molecule has 1 aromatic heterocycles. The van der Waals surface area contributed by atoms with Crippen LogP contribution in [0, 0.1) is 5.41 Å². The van der Waals surface area contributed by atoms with Crippen molar-refractivity contribution in [3.8, 4) is 0 Å². The summed E-state index contributed by atoms with van der Waals surface area (Å²) in [5.41, 5.74) is 0.0513. The first kappa shape index (κ1) is 15.9. The quantitative estimate of drug-likeness (QED) is 0.848. The standard InChI is InChI=1S/C14H24N2O2S2/c1-4-15-9-11-8-12(10-19-11)20(17,18)16-13-6-5-7-14(13,2)3/h8,10,13,15-16H,4-7,9H2,1-3H3. The topological polar surface area (TPSA) is 58.2 Å². The Kier molecular flexibility index (Phi) is 4.89. The molecule has 0 aliphatic heterocycles. The van der Waals surface area contributed by atoms with Crippen LogP contribution < -0.4 is 10.0 Å². The summed E-state index contributed by atoms with van der Waals surface area (Å²) in [6.07, 6.45) is 3.10. The van der Waals surface area contributed by atoms with Crippen LogP contribution in [0.4, 0.5) is 0 Å². The van der Waals surface area contributed by atoms with Gasteiger partial charge in [0, 0.05) is 22.8 Å². The molecule has 1 fully saturated rings. The summed E-state index contributed by atoms with van der Waals surface area (Å²) in [5, 5.41) is 4.94. The highest BCUT2D eigenvalue weighted by molar-refractivity contribution is 7.89. The molecule has 0 spiro atoms. The molecule has 0 aromatic carbocycles. The fraction of sp³-hybridized carbons (Fsp3) is 0.714. The Bertz CT molecular complexity index is 549. The minimum atomic E-state index is -3.39. The lowest BCUT2D eigenvalue weighted by atomic mass is 9.88. The van der Waals surface area contributed by atoms with Gasteiger partial charge in [0.15, 0.2) is 0 Å². The minimum Gasteiger partial charge on any atom is -0.312 e. The normalized spacial score (nSPS) is 22.2. The van der Waals surface area contributed by atoms with Crippen molar-refractivity contribution >= 4 is 21.4 Å². The first-order chi connectivity index (χ1) is 9.35. The van der Waals surface area contributed by atoms with Gasteiger partial charge in [-0.15, -0.1) is 11.3 Å². The molecule has 1 saturated carbocycles. The highest BCUT2D eigenvalue weighted by atomic mass is 32.2. The van der Waals surface area contributed by atoms with Gasteiger partial charge in [0.2, 0.25) is 10.0 Å². The van der Waals surface area contributed by atoms with Crippen LogP contribution in [0.3, 0.4) is 0 Å². The fourth-order valence-electron chi connectivity index (χ4n) is 2.64. The van der Waals surface area contributed by atoms with E-state index in [2.05, 4.69) is 23.9 Å². The van der Waals surface area contributed by atoms with Crippen LogP contribution in [-0.4, -0.2) is 21.0 Å². The van der Waals surface area contributed by atoms with E-state index in [0.717, 1.165) is 37.2 Å². The van der Waals surface area contributed by atoms with Crippen LogP contribution in [0.1, 0.15) is 44.9 Å². The summed E-state index contributed by atoms with van der Waals surface area (Å²) >= 11 is 1.49. The van der Waals surface area contributed by atoms with Crippen molar-refractivity contribution in [3.05, 3.63) is 16.3 Å². The highest BCUT2D eigenvalue weighted by Gasteiger charge is 2.37. The molecule has 0 amide bonds. The summed E-state index contributed by atoms with van der Waals surface area (Å²) in [5.74, 6) is 0. The molecular formula is C14H24N2O2S2. The average Bonchev–Trinajstić information content (AvgIpc) is 2.95. The average molecular weight is 316 g/mol. The Labute approximate surface area is 126 Å². The molecule has 20 heavy (non-hydrogen) atoms. The predicted molar refractivity (Wildman–Crippen MR) is 83.4 cm³/mol. The van der Waals surface area contributed by atoms with E-state index < -0.39 is 10.0 Å². The summed E-state index contributed by atoms with van der Waals surface area (Å²) in [6, 6.07) is 1.82. The number of nitrogens with one attached hydrogen (secondary N) is 2. The van der Waals surface area contributed by atoms with Crippen LogP contribution in [0.2, 0.25) is 0 Å². The summed E-state index contributed by atoms with van der Waals surface area (Å²) < 4.78 is 27.8. The number of thiophene rings is 1. The Hall–Kier alpha value is -0.430. The van der Waals surface area contributed by atoms with Crippen LogP contribution in [0.25, 0.3) is 0 Å². The zero-order valence-electron chi connectivity index (χ0n) is 12.4. The largest absolute Gasteiger partial charge is 0.312 e. The molecule has 1 aliphatic rings. The third kappa shape index (κ3) is 3.61. The van der Waals surface area contributed by atoms with Crippen LogP contribution in [-0.2, 0) is 16.6 Å². The van der Waals surface area contributed by atoms with Gasteiger partial charge in [-0.3, -0.25) is 0 Å². The van der Waals surface area contributed by atoms with Gasteiger partial charge in [0.1, 0.15) is 0 Å². The molecule has 0 bridgehead atoms. The molecule has 1 heterocycles. The maximum Gasteiger partial charge on any atom is 0.241 e. The van der Waals surface area contributed by atoms with Gasteiger partial charge >= 0.3 is 0 Å². The SMILES string of the molecule is CCNCc1cc(S(=O)(=O)NC2CCCC2(C)C)cs1. The van der Waals surface area contributed by atoms with Gasteiger partial charge < -0.3 is 5.32 Å². The number of hydrogen-bond acceptors (Lipinski definition) is 4. The monoisotopic (exact) mass is 316 g/mol. The first-order valence-corrected chi connectivity index (χ1v) is 9.52. The second-order valence-corrected chi connectivity index (χ2v) is 8.79. The smallest absolute Gasteiger partial charge is 0.241 e. The summed E-state index contributed by atoms with van der Waals surface area (Å²) in [6.45, 7) is 7.92. The number of sulfonamides is 1. The molecule has 4 nitrogen and oxygen atoms in total. The first-order valence-electron chi connectivity index (χ1n) is 7.15. The molecular weight excluding hydrogens is 292 g/mol. The van der Waals surface area contributed by atoms with E-state index in [-0.39, 0.29) is 11.5 Å². The van der Waals surface area contributed by atoms with E-state index in [1.54, 1.807) is 11.4 Å². The molecule has 1 aliphatic carbocycles. The van der Waals surface area contributed by atoms with Gasteiger partial charge in [-0.05, 0) is 30.9 Å².